The molecule has 0 aromatic rings. The smallest absolute Gasteiger partial charge is 0.307 e. The van der Waals surface area contributed by atoms with E-state index in [9.17, 15) is 13.2 Å². The fourth-order valence-corrected chi connectivity index (χ4v) is 3.25. The SMILES string of the molecule is CCCC(CNS(=O)(=O)N(CCC)CCC)C(=O)O. The number of hydrogen-bond acceptors (Lipinski definition) is 3. The molecule has 0 amide bonds. The molecule has 0 rings (SSSR count). The van der Waals surface area contributed by atoms with Crippen LogP contribution in [0.1, 0.15) is 46.5 Å². The molecule has 19 heavy (non-hydrogen) atoms. The lowest BCUT2D eigenvalue weighted by atomic mass is 10.1. The van der Waals surface area contributed by atoms with Crippen LogP contribution in [0.2, 0.25) is 0 Å². The summed E-state index contributed by atoms with van der Waals surface area (Å²) < 4.78 is 27.9. The van der Waals surface area contributed by atoms with Gasteiger partial charge in [0.05, 0.1) is 5.92 Å². The molecule has 6 nitrogen and oxygen atoms in total. The van der Waals surface area contributed by atoms with Gasteiger partial charge >= 0.3 is 5.97 Å². The van der Waals surface area contributed by atoms with Gasteiger partial charge in [0.1, 0.15) is 0 Å². The molecule has 7 heteroatoms. The fraction of sp³-hybridized carbons (Fsp3) is 0.917. The number of aliphatic carboxylic acids is 1. The zero-order valence-electron chi connectivity index (χ0n) is 12.1. The minimum atomic E-state index is -3.57. The van der Waals surface area contributed by atoms with Crippen molar-refractivity contribution < 1.29 is 18.3 Å². The average molecular weight is 294 g/mol. The van der Waals surface area contributed by atoms with Crippen LogP contribution in [0.25, 0.3) is 0 Å². The van der Waals surface area contributed by atoms with E-state index in [2.05, 4.69) is 4.72 Å². The number of nitrogens with one attached hydrogen (secondary N) is 1. The highest BCUT2D eigenvalue weighted by molar-refractivity contribution is 7.87. The number of hydrogen-bond donors (Lipinski definition) is 2. The quantitative estimate of drug-likeness (QED) is 0.604. The predicted molar refractivity (Wildman–Crippen MR) is 75.1 cm³/mol. The molecule has 0 fully saturated rings. The summed E-state index contributed by atoms with van der Waals surface area (Å²) >= 11 is 0. The van der Waals surface area contributed by atoms with E-state index in [4.69, 9.17) is 5.11 Å². The normalized spacial score (nSPS) is 13.7. The minimum Gasteiger partial charge on any atom is -0.481 e. The number of carboxylic acid groups (broad SMARTS) is 1. The number of nitrogens with zero attached hydrogens (tertiary/aromatic N) is 1. The van der Waals surface area contributed by atoms with Gasteiger partial charge in [0, 0.05) is 19.6 Å². The summed E-state index contributed by atoms with van der Waals surface area (Å²) in [6.45, 7) is 6.56. The van der Waals surface area contributed by atoms with Gasteiger partial charge < -0.3 is 5.11 Å². The zero-order chi connectivity index (χ0) is 14.9. The lowest BCUT2D eigenvalue weighted by molar-refractivity contribution is -0.141. The second-order valence-electron chi connectivity index (χ2n) is 4.58. The summed E-state index contributed by atoms with van der Waals surface area (Å²) in [7, 11) is -3.57. The van der Waals surface area contributed by atoms with Crippen LogP contribution in [-0.4, -0.2) is 43.4 Å². The van der Waals surface area contributed by atoms with Gasteiger partial charge in [0.15, 0.2) is 0 Å². The van der Waals surface area contributed by atoms with Crippen LogP contribution >= 0.6 is 0 Å². The van der Waals surface area contributed by atoms with Gasteiger partial charge in [-0.1, -0.05) is 27.2 Å². The molecular formula is C12H26N2O4S. The highest BCUT2D eigenvalue weighted by Gasteiger charge is 2.23. The molecule has 0 aliphatic carbocycles. The maximum atomic E-state index is 12.1. The van der Waals surface area contributed by atoms with Crippen LogP contribution in [-0.2, 0) is 15.0 Å². The van der Waals surface area contributed by atoms with Gasteiger partial charge in [-0.05, 0) is 19.3 Å². The molecule has 0 aromatic carbocycles. The summed E-state index contributed by atoms with van der Waals surface area (Å²) in [4.78, 5) is 11.0. The molecule has 114 valence electrons. The van der Waals surface area contributed by atoms with E-state index in [1.807, 2.05) is 20.8 Å². The summed E-state index contributed by atoms with van der Waals surface area (Å²) in [5.41, 5.74) is 0. The van der Waals surface area contributed by atoms with Crippen LogP contribution in [0, 0.1) is 5.92 Å². The standard InChI is InChI=1S/C12H26N2O4S/c1-4-7-11(12(15)16)10-13-19(17,18)14(8-5-2)9-6-3/h11,13H,4-10H2,1-3H3,(H,15,16). The van der Waals surface area contributed by atoms with E-state index in [-0.39, 0.29) is 6.54 Å². The van der Waals surface area contributed by atoms with Gasteiger partial charge in [-0.15, -0.1) is 0 Å². The van der Waals surface area contributed by atoms with Gasteiger partial charge in [-0.3, -0.25) is 4.79 Å². The van der Waals surface area contributed by atoms with Crippen molar-refractivity contribution in [1.82, 2.24) is 9.03 Å². The summed E-state index contributed by atoms with van der Waals surface area (Å²) in [6, 6.07) is 0. The molecule has 2 N–H and O–H groups in total. The Morgan fingerprint density at radius 3 is 2.05 bits per heavy atom. The Balaban J connectivity index is 4.59. The second-order valence-corrected chi connectivity index (χ2v) is 6.33. The van der Waals surface area contributed by atoms with Crippen LogP contribution in [0.4, 0.5) is 0 Å². The Kier molecular flexibility index (Phi) is 8.95. The van der Waals surface area contributed by atoms with Gasteiger partial charge in [0.2, 0.25) is 0 Å². The van der Waals surface area contributed by atoms with Crippen molar-refractivity contribution in [1.29, 1.82) is 0 Å². The molecule has 0 radical (unpaired) electrons. The fourth-order valence-electron chi connectivity index (χ4n) is 1.81. The third-order valence-electron chi connectivity index (χ3n) is 2.78. The van der Waals surface area contributed by atoms with Crippen molar-refractivity contribution in [3.8, 4) is 0 Å². The molecule has 0 spiro atoms. The molecular weight excluding hydrogens is 268 g/mol. The molecule has 0 saturated heterocycles. The number of carboxylic acids is 1. The molecule has 0 heterocycles. The highest BCUT2D eigenvalue weighted by atomic mass is 32.2. The molecule has 0 aliphatic heterocycles. The highest BCUT2D eigenvalue weighted by Crippen LogP contribution is 2.07. The van der Waals surface area contributed by atoms with Crippen LogP contribution in [0.3, 0.4) is 0 Å². The molecule has 1 atom stereocenters. The minimum absolute atomic E-state index is 0.0462. The third kappa shape index (κ3) is 6.89. The largest absolute Gasteiger partial charge is 0.481 e. The van der Waals surface area contributed by atoms with E-state index in [1.165, 1.54) is 4.31 Å². The van der Waals surface area contributed by atoms with Crippen molar-refractivity contribution in [2.24, 2.45) is 5.92 Å². The monoisotopic (exact) mass is 294 g/mol. The Morgan fingerprint density at radius 2 is 1.68 bits per heavy atom. The van der Waals surface area contributed by atoms with E-state index >= 15 is 0 Å². The summed E-state index contributed by atoms with van der Waals surface area (Å²) in [5.74, 6) is -1.62. The third-order valence-corrected chi connectivity index (χ3v) is 4.36. The van der Waals surface area contributed by atoms with Crippen LogP contribution in [0.5, 0.6) is 0 Å². The first-order chi connectivity index (χ1) is 8.88. The maximum absolute atomic E-state index is 12.1. The molecule has 0 bridgehead atoms. The van der Waals surface area contributed by atoms with Crippen LogP contribution < -0.4 is 4.72 Å². The van der Waals surface area contributed by atoms with Crippen molar-refractivity contribution in [3.63, 3.8) is 0 Å². The molecule has 0 aliphatic rings. The predicted octanol–water partition coefficient (Wildman–Crippen LogP) is 1.44. The second kappa shape index (κ2) is 9.28. The van der Waals surface area contributed by atoms with E-state index in [0.717, 1.165) is 12.8 Å². The van der Waals surface area contributed by atoms with Gasteiger partial charge in [-0.25, -0.2) is 4.72 Å². The van der Waals surface area contributed by atoms with Gasteiger partial charge in [0.25, 0.3) is 10.2 Å². The number of rotatable bonds is 11. The lowest BCUT2D eigenvalue weighted by Crippen LogP contribution is -2.44. The van der Waals surface area contributed by atoms with E-state index < -0.39 is 22.1 Å². The van der Waals surface area contributed by atoms with Gasteiger partial charge in [-0.2, -0.15) is 12.7 Å². The first-order valence-corrected chi connectivity index (χ1v) is 8.30. The molecule has 0 aromatic heterocycles. The first kappa shape index (κ1) is 18.3. The van der Waals surface area contributed by atoms with Crippen molar-refractivity contribution >= 4 is 16.2 Å². The van der Waals surface area contributed by atoms with Crippen molar-refractivity contribution in [2.75, 3.05) is 19.6 Å². The Morgan fingerprint density at radius 1 is 1.16 bits per heavy atom. The summed E-state index contributed by atoms with van der Waals surface area (Å²) in [6.07, 6.45) is 2.65. The van der Waals surface area contributed by atoms with Crippen molar-refractivity contribution in [3.05, 3.63) is 0 Å². The average Bonchev–Trinajstić information content (AvgIpc) is 2.33. The molecule has 1 unspecified atom stereocenters. The van der Waals surface area contributed by atoms with Crippen LogP contribution in [0.15, 0.2) is 0 Å². The zero-order valence-corrected chi connectivity index (χ0v) is 12.9. The number of carbonyl (C=O) groups is 1. The Hall–Kier alpha value is -0.660. The van der Waals surface area contributed by atoms with Crippen molar-refractivity contribution in [2.45, 2.75) is 46.5 Å². The lowest BCUT2D eigenvalue weighted by Gasteiger charge is -2.22. The molecule has 0 saturated carbocycles. The Labute approximate surface area is 116 Å². The maximum Gasteiger partial charge on any atom is 0.307 e. The van der Waals surface area contributed by atoms with E-state index in [0.29, 0.717) is 25.9 Å². The first-order valence-electron chi connectivity index (χ1n) is 6.86. The van der Waals surface area contributed by atoms with E-state index in [1.54, 1.807) is 0 Å². The Bertz CT molecular complexity index is 351. The summed E-state index contributed by atoms with van der Waals surface area (Å²) in [5, 5.41) is 9.00. The topological polar surface area (TPSA) is 86.7 Å².